The molecule has 2 N–H and O–H groups in total. The van der Waals surface area contributed by atoms with Gasteiger partial charge < -0.3 is 10.6 Å². The number of hydrogen-bond acceptors (Lipinski definition) is 2. The maximum Gasteiger partial charge on any atom is 0.00631 e. The Bertz CT molecular complexity index is 84.3. The highest BCUT2D eigenvalue weighted by molar-refractivity contribution is 4.70. The molecule has 2 nitrogen and oxygen atoms in total. The second-order valence-electron chi connectivity index (χ2n) is 3.99. The van der Waals surface area contributed by atoms with Crippen molar-refractivity contribution in [3.05, 3.63) is 0 Å². The summed E-state index contributed by atoms with van der Waals surface area (Å²) >= 11 is 0. The third kappa shape index (κ3) is 8.26. The highest BCUT2D eigenvalue weighted by Crippen LogP contribution is 2.04. The van der Waals surface area contributed by atoms with Crippen LogP contribution in [0.2, 0.25) is 0 Å². The Morgan fingerprint density at radius 2 is 1.62 bits per heavy atom. The van der Waals surface area contributed by atoms with Gasteiger partial charge >= 0.3 is 0 Å². The molecule has 1 saturated heterocycles. The van der Waals surface area contributed by atoms with Gasteiger partial charge in [0, 0.05) is 6.04 Å². The zero-order chi connectivity index (χ0) is 10.1. The summed E-state index contributed by atoms with van der Waals surface area (Å²) in [6.07, 6.45) is 6.43. The van der Waals surface area contributed by atoms with Gasteiger partial charge in [0.05, 0.1) is 0 Å². The van der Waals surface area contributed by atoms with Crippen molar-refractivity contribution in [1.29, 1.82) is 0 Å². The smallest absolute Gasteiger partial charge is 0.00631 e. The predicted molar refractivity (Wildman–Crippen MR) is 59.9 cm³/mol. The number of likely N-dealkylation sites (tertiary alicyclic amines) is 1. The Balaban J connectivity index is 0.000000252. The predicted octanol–water partition coefficient (Wildman–Crippen LogP) is 2.24. The number of nitrogens with zero attached hydrogens (tertiary/aromatic N) is 1. The fourth-order valence-corrected chi connectivity index (χ4v) is 1.38. The zero-order valence-electron chi connectivity index (χ0n) is 9.55. The first-order valence-corrected chi connectivity index (χ1v) is 5.64. The van der Waals surface area contributed by atoms with Crippen LogP contribution in [0.15, 0.2) is 0 Å². The summed E-state index contributed by atoms with van der Waals surface area (Å²) < 4.78 is 0. The maximum atomic E-state index is 5.67. The van der Waals surface area contributed by atoms with Gasteiger partial charge in [0.2, 0.25) is 0 Å². The molecule has 0 radical (unpaired) electrons. The molecule has 1 aliphatic heterocycles. The molecule has 0 spiro atoms. The summed E-state index contributed by atoms with van der Waals surface area (Å²) in [5, 5.41) is 0. The number of piperidine rings is 1. The summed E-state index contributed by atoms with van der Waals surface area (Å²) in [5.74, 6) is 0. The minimum Gasteiger partial charge on any atom is -0.328 e. The summed E-state index contributed by atoms with van der Waals surface area (Å²) in [4.78, 5) is 2.32. The summed E-state index contributed by atoms with van der Waals surface area (Å²) in [6, 6.07) is 0.478. The molecule has 1 rings (SSSR count). The highest BCUT2D eigenvalue weighted by atomic mass is 15.1. The molecule has 1 fully saturated rings. The van der Waals surface area contributed by atoms with Gasteiger partial charge in [-0.3, -0.25) is 0 Å². The normalized spacial score (nSPS) is 19.4. The fraction of sp³-hybridized carbons (Fsp3) is 1.00. The molecule has 0 atom stereocenters. The Kier molecular flexibility index (Phi) is 8.46. The Hall–Kier alpha value is -0.0800. The van der Waals surface area contributed by atoms with Crippen LogP contribution in [0.4, 0.5) is 0 Å². The average molecular weight is 186 g/mol. The van der Waals surface area contributed by atoms with Crippen LogP contribution in [-0.2, 0) is 0 Å². The number of rotatable bonds is 2. The molecule has 0 aliphatic carbocycles. The van der Waals surface area contributed by atoms with Crippen molar-refractivity contribution in [3.63, 3.8) is 0 Å². The second-order valence-corrected chi connectivity index (χ2v) is 3.99. The third-order valence-electron chi connectivity index (χ3n) is 2.47. The highest BCUT2D eigenvalue weighted by Gasteiger charge is 2.11. The third-order valence-corrected chi connectivity index (χ3v) is 2.47. The Labute approximate surface area is 83.5 Å². The molecule has 13 heavy (non-hydrogen) atoms. The molecular formula is C11H26N2. The van der Waals surface area contributed by atoms with Crippen molar-refractivity contribution in [3.8, 4) is 0 Å². The van der Waals surface area contributed by atoms with E-state index in [0.29, 0.717) is 6.04 Å². The van der Waals surface area contributed by atoms with Crippen molar-refractivity contribution < 1.29 is 0 Å². The van der Waals surface area contributed by atoms with E-state index in [4.69, 9.17) is 5.73 Å². The van der Waals surface area contributed by atoms with Crippen LogP contribution in [0.1, 0.15) is 46.0 Å². The molecule has 0 amide bonds. The van der Waals surface area contributed by atoms with Gasteiger partial charge in [0.25, 0.3) is 0 Å². The molecule has 0 aromatic heterocycles. The summed E-state index contributed by atoms with van der Waals surface area (Å²) in [7, 11) is 2.14. The van der Waals surface area contributed by atoms with Crippen molar-refractivity contribution in [1.82, 2.24) is 4.90 Å². The lowest BCUT2D eigenvalue weighted by atomic mass is 10.1. The van der Waals surface area contributed by atoms with E-state index in [1.807, 2.05) is 0 Å². The van der Waals surface area contributed by atoms with Crippen molar-refractivity contribution in [2.24, 2.45) is 5.73 Å². The van der Waals surface area contributed by atoms with E-state index < -0.39 is 0 Å². The standard InChI is InChI=1S/C6H14N2.C5H12/c1-8-4-2-6(7)3-5-8;1-3-5-4-2/h6H,2-5,7H2,1H3;3-5H2,1-2H3. The minimum absolute atomic E-state index is 0.478. The monoisotopic (exact) mass is 186 g/mol. The Morgan fingerprint density at radius 1 is 1.15 bits per heavy atom. The topological polar surface area (TPSA) is 29.3 Å². The number of nitrogens with two attached hydrogens (primary N) is 1. The van der Waals surface area contributed by atoms with E-state index in [1.165, 1.54) is 45.2 Å². The van der Waals surface area contributed by atoms with Gasteiger partial charge in [0.15, 0.2) is 0 Å². The first kappa shape index (κ1) is 12.9. The molecule has 80 valence electrons. The second kappa shape index (κ2) is 8.52. The van der Waals surface area contributed by atoms with Crippen LogP contribution < -0.4 is 5.73 Å². The quantitative estimate of drug-likeness (QED) is 0.716. The Morgan fingerprint density at radius 3 is 1.85 bits per heavy atom. The molecule has 2 heteroatoms. The van der Waals surface area contributed by atoms with Crippen LogP contribution in [-0.4, -0.2) is 31.1 Å². The molecule has 1 heterocycles. The van der Waals surface area contributed by atoms with E-state index in [1.54, 1.807) is 0 Å². The van der Waals surface area contributed by atoms with Gasteiger partial charge in [0.1, 0.15) is 0 Å². The lowest BCUT2D eigenvalue weighted by Gasteiger charge is -2.25. The van der Waals surface area contributed by atoms with E-state index in [2.05, 4.69) is 25.8 Å². The minimum atomic E-state index is 0.478. The van der Waals surface area contributed by atoms with Crippen molar-refractivity contribution >= 4 is 0 Å². The lowest BCUT2D eigenvalue weighted by molar-refractivity contribution is 0.256. The number of hydrogen-bond donors (Lipinski definition) is 1. The molecule has 1 aliphatic rings. The van der Waals surface area contributed by atoms with Gasteiger partial charge in [-0.05, 0) is 33.0 Å². The lowest BCUT2D eigenvalue weighted by Crippen LogP contribution is -2.37. The van der Waals surface area contributed by atoms with Crippen molar-refractivity contribution in [2.75, 3.05) is 20.1 Å². The number of unbranched alkanes of at least 4 members (excludes halogenated alkanes) is 2. The van der Waals surface area contributed by atoms with Gasteiger partial charge in [-0.1, -0.05) is 33.1 Å². The molecule has 0 unspecified atom stereocenters. The van der Waals surface area contributed by atoms with E-state index in [0.717, 1.165) is 0 Å². The van der Waals surface area contributed by atoms with E-state index in [-0.39, 0.29) is 0 Å². The summed E-state index contributed by atoms with van der Waals surface area (Å²) in [6.45, 7) is 6.79. The van der Waals surface area contributed by atoms with Gasteiger partial charge in [-0.2, -0.15) is 0 Å². The molecule has 0 aromatic carbocycles. The van der Waals surface area contributed by atoms with Crippen LogP contribution >= 0.6 is 0 Å². The molecule has 0 aromatic rings. The fourth-order valence-electron chi connectivity index (χ4n) is 1.38. The van der Waals surface area contributed by atoms with E-state index in [9.17, 15) is 0 Å². The van der Waals surface area contributed by atoms with Crippen LogP contribution in [0.3, 0.4) is 0 Å². The van der Waals surface area contributed by atoms with Crippen LogP contribution in [0.5, 0.6) is 0 Å². The first-order valence-electron chi connectivity index (χ1n) is 5.64. The maximum absolute atomic E-state index is 5.67. The molecular weight excluding hydrogens is 160 g/mol. The van der Waals surface area contributed by atoms with Crippen LogP contribution in [0, 0.1) is 0 Å². The van der Waals surface area contributed by atoms with Gasteiger partial charge in [-0.25, -0.2) is 0 Å². The van der Waals surface area contributed by atoms with Crippen molar-refractivity contribution in [2.45, 2.75) is 52.0 Å². The SMILES string of the molecule is CCCCC.CN1CCC(N)CC1. The zero-order valence-corrected chi connectivity index (χ0v) is 9.55. The summed E-state index contributed by atoms with van der Waals surface area (Å²) in [5.41, 5.74) is 5.67. The molecule has 0 bridgehead atoms. The average Bonchev–Trinajstić information content (AvgIpc) is 2.13. The molecule has 0 saturated carbocycles. The van der Waals surface area contributed by atoms with Crippen LogP contribution in [0.25, 0.3) is 0 Å². The van der Waals surface area contributed by atoms with E-state index >= 15 is 0 Å². The van der Waals surface area contributed by atoms with Gasteiger partial charge in [-0.15, -0.1) is 0 Å². The first-order chi connectivity index (χ1) is 6.20. The largest absolute Gasteiger partial charge is 0.328 e.